The van der Waals surface area contributed by atoms with Crippen molar-refractivity contribution in [2.24, 2.45) is 0 Å². The fraction of sp³-hybridized carbons (Fsp3) is 0.0667. The molecule has 0 radical (unpaired) electrons. The summed E-state index contributed by atoms with van der Waals surface area (Å²) in [6, 6.07) is 4.81. The number of carbonyl (C=O) groups is 2. The first kappa shape index (κ1) is 15.7. The molecule has 2 aromatic rings. The molecular formula is C15H9F4NO2. The largest absolute Gasteiger partial charge is 0.278 e. The monoisotopic (exact) mass is 311 g/mol. The topological polar surface area (TPSA) is 37.4 Å². The second-order valence-corrected chi connectivity index (χ2v) is 4.43. The Labute approximate surface area is 122 Å². The van der Waals surface area contributed by atoms with Gasteiger partial charge >= 0.3 is 0 Å². The van der Waals surface area contributed by atoms with E-state index < -0.39 is 35.1 Å². The molecule has 0 atom stereocenters. The summed E-state index contributed by atoms with van der Waals surface area (Å²) in [4.78, 5) is 24.6. The number of amides is 2. The van der Waals surface area contributed by atoms with Gasteiger partial charge < -0.3 is 0 Å². The Balaban J connectivity index is 2.27. The van der Waals surface area contributed by atoms with Crippen LogP contribution in [0.5, 0.6) is 0 Å². The van der Waals surface area contributed by atoms with Crippen LogP contribution in [0.1, 0.15) is 20.7 Å². The Morgan fingerprint density at radius 2 is 1.09 bits per heavy atom. The van der Waals surface area contributed by atoms with Crippen LogP contribution < -0.4 is 0 Å². The summed E-state index contributed by atoms with van der Waals surface area (Å²) < 4.78 is 51.9. The minimum Gasteiger partial charge on any atom is -0.278 e. The van der Waals surface area contributed by atoms with Crippen molar-refractivity contribution in [3.05, 3.63) is 70.8 Å². The van der Waals surface area contributed by atoms with Crippen molar-refractivity contribution in [3.63, 3.8) is 0 Å². The van der Waals surface area contributed by atoms with E-state index in [9.17, 15) is 27.2 Å². The molecule has 2 aromatic carbocycles. The smallest absolute Gasteiger partial charge is 0.260 e. The average Bonchev–Trinajstić information content (AvgIpc) is 2.50. The molecule has 114 valence electrons. The Kier molecular flexibility index (Phi) is 4.25. The maximum Gasteiger partial charge on any atom is 0.260 e. The number of nitrogens with zero attached hydrogens (tertiary/aromatic N) is 1. The zero-order valence-corrected chi connectivity index (χ0v) is 11.2. The average molecular weight is 311 g/mol. The summed E-state index contributed by atoms with van der Waals surface area (Å²) in [5, 5.41) is 0. The quantitative estimate of drug-likeness (QED) is 0.631. The number of benzene rings is 2. The van der Waals surface area contributed by atoms with Gasteiger partial charge in [0, 0.05) is 18.2 Å². The van der Waals surface area contributed by atoms with Gasteiger partial charge in [-0.2, -0.15) is 0 Å². The molecule has 3 nitrogen and oxygen atoms in total. The van der Waals surface area contributed by atoms with Crippen LogP contribution in [0.3, 0.4) is 0 Å². The maximum atomic E-state index is 13.1. The van der Waals surface area contributed by atoms with Crippen LogP contribution in [0.15, 0.2) is 36.4 Å². The highest BCUT2D eigenvalue weighted by Gasteiger charge is 2.22. The molecule has 0 fully saturated rings. The van der Waals surface area contributed by atoms with Crippen LogP contribution in [0.4, 0.5) is 17.6 Å². The lowest BCUT2D eigenvalue weighted by molar-refractivity contribution is 0.0655. The van der Waals surface area contributed by atoms with Gasteiger partial charge in [0.25, 0.3) is 11.8 Å². The van der Waals surface area contributed by atoms with Gasteiger partial charge in [-0.1, -0.05) is 0 Å². The highest BCUT2D eigenvalue weighted by molar-refractivity contribution is 6.10. The van der Waals surface area contributed by atoms with Gasteiger partial charge in [0.1, 0.15) is 0 Å². The van der Waals surface area contributed by atoms with Gasteiger partial charge in [0.15, 0.2) is 23.3 Å². The standard InChI is InChI=1S/C15H9F4NO2/c1-20(14(21)8-2-4-10(16)12(18)6-8)15(22)9-3-5-11(17)13(19)7-9/h2-7H,1H3. The zero-order valence-electron chi connectivity index (χ0n) is 11.2. The number of hydrogen-bond acceptors (Lipinski definition) is 2. The van der Waals surface area contributed by atoms with Crippen molar-refractivity contribution in [2.75, 3.05) is 7.05 Å². The Morgan fingerprint density at radius 3 is 1.41 bits per heavy atom. The van der Waals surface area contributed by atoms with Crippen molar-refractivity contribution in [1.29, 1.82) is 0 Å². The summed E-state index contributed by atoms with van der Waals surface area (Å²) in [6.45, 7) is 0. The van der Waals surface area contributed by atoms with E-state index in [2.05, 4.69) is 0 Å². The molecule has 0 unspecified atom stereocenters. The molecule has 0 heterocycles. The minimum atomic E-state index is -1.24. The second kappa shape index (κ2) is 5.97. The molecule has 0 saturated heterocycles. The zero-order chi connectivity index (χ0) is 16.4. The summed E-state index contributed by atoms with van der Waals surface area (Å²) in [5.74, 6) is -6.56. The van der Waals surface area contributed by atoms with E-state index in [1.165, 1.54) is 0 Å². The number of rotatable bonds is 2. The van der Waals surface area contributed by atoms with Gasteiger partial charge in [-0.25, -0.2) is 17.6 Å². The molecule has 7 heteroatoms. The van der Waals surface area contributed by atoms with E-state index in [0.717, 1.165) is 31.3 Å². The van der Waals surface area contributed by atoms with Gasteiger partial charge in [-0.15, -0.1) is 0 Å². The van der Waals surface area contributed by atoms with Crippen LogP contribution in [0.2, 0.25) is 0 Å². The third-order valence-corrected chi connectivity index (χ3v) is 2.94. The lowest BCUT2D eigenvalue weighted by Gasteiger charge is -2.15. The number of halogens is 4. The predicted octanol–water partition coefficient (Wildman–Crippen LogP) is 3.16. The molecule has 0 N–H and O–H groups in total. The Morgan fingerprint density at radius 1 is 0.727 bits per heavy atom. The third kappa shape index (κ3) is 2.98. The van der Waals surface area contributed by atoms with Crippen LogP contribution >= 0.6 is 0 Å². The number of hydrogen-bond donors (Lipinski definition) is 0. The van der Waals surface area contributed by atoms with Crippen LogP contribution in [0.25, 0.3) is 0 Å². The highest BCUT2D eigenvalue weighted by atomic mass is 19.2. The summed E-state index contributed by atoms with van der Waals surface area (Å²) in [6.07, 6.45) is 0. The van der Waals surface area contributed by atoms with Crippen LogP contribution in [0, 0.1) is 23.3 Å². The second-order valence-electron chi connectivity index (χ2n) is 4.43. The summed E-state index contributed by atoms with van der Waals surface area (Å²) >= 11 is 0. The van der Waals surface area contributed by atoms with Crippen LogP contribution in [-0.2, 0) is 0 Å². The first-order valence-corrected chi connectivity index (χ1v) is 6.03. The lowest BCUT2D eigenvalue weighted by Crippen LogP contribution is -2.33. The van der Waals surface area contributed by atoms with Gasteiger partial charge in [0.05, 0.1) is 0 Å². The van der Waals surface area contributed by atoms with E-state index in [0.29, 0.717) is 17.0 Å². The Bertz CT molecular complexity index is 698. The molecular weight excluding hydrogens is 302 g/mol. The SMILES string of the molecule is CN(C(=O)c1ccc(F)c(F)c1)C(=O)c1ccc(F)c(F)c1. The molecule has 0 saturated carbocycles. The van der Waals surface area contributed by atoms with E-state index in [-0.39, 0.29) is 11.1 Å². The third-order valence-electron chi connectivity index (χ3n) is 2.94. The molecule has 22 heavy (non-hydrogen) atoms. The molecule has 2 rings (SSSR count). The van der Waals surface area contributed by atoms with Crippen LogP contribution in [-0.4, -0.2) is 23.8 Å². The molecule has 0 bridgehead atoms. The summed E-state index contributed by atoms with van der Waals surface area (Å²) in [7, 11) is 1.09. The van der Waals surface area contributed by atoms with Crippen molar-refractivity contribution in [3.8, 4) is 0 Å². The van der Waals surface area contributed by atoms with Crippen molar-refractivity contribution >= 4 is 11.8 Å². The maximum absolute atomic E-state index is 13.1. The van der Waals surface area contributed by atoms with Gasteiger partial charge in [-0.05, 0) is 36.4 Å². The first-order valence-electron chi connectivity index (χ1n) is 6.03. The number of carbonyl (C=O) groups excluding carboxylic acids is 2. The van der Waals surface area contributed by atoms with Gasteiger partial charge in [-0.3, -0.25) is 14.5 Å². The van der Waals surface area contributed by atoms with E-state index in [1.807, 2.05) is 0 Å². The molecule has 0 spiro atoms. The fourth-order valence-corrected chi connectivity index (χ4v) is 1.74. The highest BCUT2D eigenvalue weighted by Crippen LogP contribution is 2.14. The van der Waals surface area contributed by atoms with Crippen molar-refractivity contribution in [2.45, 2.75) is 0 Å². The molecule has 0 aromatic heterocycles. The molecule has 2 amide bonds. The van der Waals surface area contributed by atoms with E-state index >= 15 is 0 Å². The van der Waals surface area contributed by atoms with E-state index in [1.54, 1.807) is 0 Å². The van der Waals surface area contributed by atoms with Crippen molar-refractivity contribution < 1.29 is 27.2 Å². The minimum absolute atomic E-state index is 0.252. The Hall–Kier alpha value is -2.70. The normalized spacial score (nSPS) is 10.4. The fourth-order valence-electron chi connectivity index (χ4n) is 1.74. The van der Waals surface area contributed by atoms with E-state index in [4.69, 9.17) is 0 Å². The predicted molar refractivity (Wildman–Crippen MR) is 69.1 cm³/mol. The first-order chi connectivity index (χ1) is 10.3. The van der Waals surface area contributed by atoms with Gasteiger partial charge in [0.2, 0.25) is 0 Å². The number of imide groups is 1. The molecule has 0 aliphatic rings. The summed E-state index contributed by atoms with van der Waals surface area (Å²) in [5.41, 5.74) is -0.505. The lowest BCUT2D eigenvalue weighted by atomic mass is 10.1. The molecule has 0 aliphatic carbocycles. The van der Waals surface area contributed by atoms with Crippen molar-refractivity contribution in [1.82, 2.24) is 4.90 Å². The molecule has 0 aliphatic heterocycles.